The standard InChI is InChI=1S/C23H23NO2/c25-23(21-13-12-19-8-4-5-9-20(19)15-21)24-14-6-7-18(16-24)17-26-22-10-2-1-3-11-22/h1-5,8-13,15,18H,6-7,14,16-17H2. The number of amides is 1. The molecule has 132 valence electrons. The third kappa shape index (κ3) is 3.72. The Morgan fingerprint density at radius 2 is 1.73 bits per heavy atom. The van der Waals surface area contributed by atoms with Gasteiger partial charge >= 0.3 is 0 Å². The number of carbonyl (C=O) groups excluding carboxylic acids is 1. The summed E-state index contributed by atoms with van der Waals surface area (Å²) in [5.41, 5.74) is 0.772. The minimum atomic E-state index is 0.125. The van der Waals surface area contributed by atoms with Crippen molar-refractivity contribution in [3.63, 3.8) is 0 Å². The molecule has 0 aliphatic carbocycles. The molecule has 1 aliphatic heterocycles. The van der Waals surface area contributed by atoms with Crippen molar-refractivity contribution in [3.8, 4) is 5.75 Å². The van der Waals surface area contributed by atoms with Crippen molar-refractivity contribution >= 4 is 16.7 Å². The SMILES string of the molecule is O=C(c1ccc2ccccc2c1)N1CCCC(COc2ccccc2)C1. The molecule has 0 saturated carbocycles. The first-order valence-corrected chi connectivity index (χ1v) is 9.25. The van der Waals surface area contributed by atoms with Crippen molar-refractivity contribution in [1.29, 1.82) is 0 Å². The zero-order chi connectivity index (χ0) is 17.8. The van der Waals surface area contributed by atoms with Crippen molar-refractivity contribution < 1.29 is 9.53 Å². The molecule has 1 heterocycles. The van der Waals surface area contributed by atoms with Gasteiger partial charge in [0.15, 0.2) is 0 Å². The van der Waals surface area contributed by atoms with E-state index in [9.17, 15) is 4.79 Å². The number of ether oxygens (including phenoxy) is 1. The smallest absolute Gasteiger partial charge is 0.253 e. The number of hydrogen-bond acceptors (Lipinski definition) is 2. The van der Waals surface area contributed by atoms with E-state index >= 15 is 0 Å². The van der Waals surface area contributed by atoms with Crippen LogP contribution in [0.3, 0.4) is 0 Å². The Morgan fingerprint density at radius 1 is 0.962 bits per heavy atom. The van der Waals surface area contributed by atoms with Gasteiger partial charge in [-0.25, -0.2) is 0 Å². The first-order valence-electron chi connectivity index (χ1n) is 9.25. The molecule has 3 aromatic carbocycles. The van der Waals surface area contributed by atoms with Crippen LogP contribution in [0.25, 0.3) is 10.8 Å². The topological polar surface area (TPSA) is 29.5 Å². The van der Waals surface area contributed by atoms with Crippen molar-refractivity contribution in [2.45, 2.75) is 12.8 Å². The van der Waals surface area contributed by atoms with Crippen molar-refractivity contribution in [3.05, 3.63) is 78.4 Å². The van der Waals surface area contributed by atoms with Gasteiger partial charge in [-0.1, -0.05) is 48.5 Å². The number of hydrogen-bond donors (Lipinski definition) is 0. The third-order valence-corrected chi connectivity index (χ3v) is 5.03. The Morgan fingerprint density at radius 3 is 2.58 bits per heavy atom. The Balaban J connectivity index is 1.42. The van der Waals surface area contributed by atoms with Gasteiger partial charge in [-0.05, 0) is 47.9 Å². The number of rotatable bonds is 4. The number of para-hydroxylation sites is 1. The van der Waals surface area contributed by atoms with E-state index in [4.69, 9.17) is 4.74 Å². The van der Waals surface area contributed by atoms with E-state index in [1.807, 2.05) is 65.6 Å². The minimum Gasteiger partial charge on any atom is -0.493 e. The van der Waals surface area contributed by atoms with Crippen molar-refractivity contribution in [2.75, 3.05) is 19.7 Å². The van der Waals surface area contributed by atoms with Crippen LogP contribution < -0.4 is 4.74 Å². The van der Waals surface area contributed by atoms with Gasteiger partial charge in [0.2, 0.25) is 0 Å². The molecule has 3 nitrogen and oxygen atoms in total. The normalized spacial score (nSPS) is 17.2. The molecule has 1 amide bonds. The second-order valence-corrected chi connectivity index (χ2v) is 6.95. The summed E-state index contributed by atoms with van der Waals surface area (Å²) in [4.78, 5) is 14.9. The maximum Gasteiger partial charge on any atom is 0.253 e. The lowest BCUT2D eigenvalue weighted by molar-refractivity contribution is 0.0633. The zero-order valence-electron chi connectivity index (χ0n) is 14.8. The molecular formula is C23H23NO2. The Bertz CT molecular complexity index is 891. The maximum absolute atomic E-state index is 12.9. The first kappa shape index (κ1) is 16.6. The fourth-order valence-corrected chi connectivity index (χ4v) is 3.62. The summed E-state index contributed by atoms with van der Waals surface area (Å²) < 4.78 is 5.90. The molecule has 1 unspecified atom stereocenters. The average Bonchev–Trinajstić information content (AvgIpc) is 2.72. The van der Waals surface area contributed by atoms with Crippen molar-refractivity contribution in [1.82, 2.24) is 4.90 Å². The predicted octanol–water partition coefficient (Wildman–Crippen LogP) is 4.77. The third-order valence-electron chi connectivity index (χ3n) is 5.03. The number of nitrogens with zero attached hydrogens (tertiary/aromatic N) is 1. The van der Waals surface area contributed by atoms with Gasteiger partial charge in [0.25, 0.3) is 5.91 Å². The van der Waals surface area contributed by atoms with E-state index in [2.05, 4.69) is 12.1 Å². The summed E-state index contributed by atoms with van der Waals surface area (Å²) >= 11 is 0. The molecule has 3 aromatic rings. The summed E-state index contributed by atoms with van der Waals surface area (Å²) in [6, 6.07) is 24.0. The Kier molecular flexibility index (Phi) is 4.87. The number of piperidine rings is 1. The number of likely N-dealkylation sites (tertiary alicyclic amines) is 1. The van der Waals surface area contributed by atoms with Crippen LogP contribution in [0.1, 0.15) is 23.2 Å². The molecule has 3 heteroatoms. The van der Waals surface area contributed by atoms with Gasteiger partial charge < -0.3 is 9.64 Å². The maximum atomic E-state index is 12.9. The van der Waals surface area contributed by atoms with Crippen LogP contribution >= 0.6 is 0 Å². The summed E-state index contributed by atoms with van der Waals surface area (Å²) in [6.07, 6.45) is 2.14. The second-order valence-electron chi connectivity index (χ2n) is 6.95. The monoisotopic (exact) mass is 345 g/mol. The van der Waals surface area contributed by atoms with E-state index in [-0.39, 0.29) is 5.91 Å². The van der Waals surface area contributed by atoms with E-state index in [1.165, 1.54) is 0 Å². The summed E-state index contributed by atoms with van der Waals surface area (Å²) in [6.45, 7) is 2.25. The van der Waals surface area contributed by atoms with E-state index in [0.29, 0.717) is 12.5 Å². The Hall–Kier alpha value is -2.81. The second kappa shape index (κ2) is 7.61. The van der Waals surface area contributed by atoms with Gasteiger partial charge in [-0.3, -0.25) is 4.79 Å². The highest BCUT2D eigenvalue weighted by molar-refractivity contribution is 5.98. The van der Waals surface area contributed by atoms with Crippen LogP contribution in [0.5, 0.6) is 5.75 Å². The summed E-state index contributed by atoms with van der Waals surface area (Å²) in [5, 5.41) is 2.27. The van der Waals surface area contributed by atoms with Crippen LogP contribution in [0.4, 0.5) is 0 Å². The molecular weight excluding hydrogens is 322 g/mol. The molecule has 26 heavy (non-hydrogen) atoms. The average molecular weight is 345 g/mol. The van der Waals surface area contributed by atoms with Crippen LogP contribution in [-0.4, -0.2) is 30.5 Å². The lowest BCUT2D eigenvalue weighted by Crippen LogP contribution is -2.41. The first-order chi connectivity index (χ1) is 12.8. The zero-order valence-corrected chi connectivity index (χ0v) is 14.8. The number of carbonyl (C=O) groups is 1. The summed E-state index contributed by atoms with van der Waals surface area (Å²) in [7, 11) is 0. The van der Waals surface area contributed by atoms with Crippen molar-refractivity contribution in [2.24, 2.45) is 5.92 Å². The van der Waals surface area contributed by atoms with Crippen LogP contribution in [0, 0.1) is 5.92 Å². The van der Waals surface area contributed by atoms with Crippen LogP contribution in [0.2, 0.25) is 0 Å². The molecule has 0 radical (unpaired) electrons. The summed E-state index contributed by atoms with van der Waals surface area (Å²) in [5.74, 6) is 1.40. The molecule has 0 spiro atoms. The molecule has 4 rings (SSSR count). The predicted molar refractivity (Wildman–Crippen MR) is 105 cm³/mol. The minimum absolute atomic E-state index is 0.125. The lowest BCUT2D eigenvalue weighted by atomic mass is 9.97. The molecule has 1 fully saturated rings. The fraction of sp³-hybridized carbons (Fsp3) is 0.261. The molecule has 1 saturated heterocycles. The molecule has 0 N–H and O–H groups in total. The quantitative estimate of drug-likeness (QED) is 0.681. The Labute approximate surface area is 154 Å². The molecule has 0 aromatic heterocycles. The highest BCUT2D eigenvalue weighted by Gasteiger charge is 2.25. The lowest BCUT2D eigenvalue weighted by Gasteiger charge is -2.32. The van der Waals surface area contributed by atoms with E-state index < -0.39 is 0 Å². The van der Waals surface area contributed by atoms with Gasteiger partial charge in [-0.15, -0.1) is 0 Å². The molecule has 1 atom stereocenters. The van der Waals surface area contributed by atoms with Gasteiger partial charge in [0.05, 0.1) is 6.61 Å². The van der Waals surface area contributed by atoms with Gasteiger partial charge in [0, 0.05) is 24.6 Å². The van der Waals surface area contributed by atoms with Crippen LogP contribution in [-0.2, 0) is 0 Å². The number of benzene rings is 3. The highest BCUT2D eigenvalue weighted by Crippen LogP contribution is 2.22. The number of fused-ring (bicyclic) bond motifs is 1. The largest absolute Gasteiger partial charge is 0.493 e. The molecule has 0 bridgehead atoms. The van der Waals surface area contributed by atoms with Gasteiger partial charge in [-0.2, -0.15) is 0 Å². The van der Waals surface area contributed by atoms with E-state index in [0.717, 1.165) is 48.0 Å². The highest BCUT2D eigenvalue weighted by atomic mass is 16.5. The molecule has 1 aliphatic rings. The van der Waals surface area contributed by atoms with E-state index in [1.54, 1.807) is 0 Å². The van der Waals surface area contributed by atoms with Crippen LogP contribution in [0.15, 0.2) is 72.8 Å². The fourth-order valence-electron chi connectivity index (χ4n) is 3.62. The van der Waals surface area contributed by atoms with Gasteiger partial charge in [0.1, 0.15) is 5.75 Å².